The lowest BCUT2D eigenvalue weighted by molar-refractivity contribution is -0.131. The maximum absolute atomic E-state index is 11.9. The van der Waals surface area contributed by atoms with Crippen LogP contribution < -0.4 is 11.5 Å². The Labute approximate surface area is 96.1 Å². The average Bonchev–Trinajstić information content (AvgIpc) is 2.74. The molecule has 5 nitrogen and oxygen atoms in total. The molecule has 92 valence electrons. The van der Waals surface area contributed by atoms with E-state index < -0.39 is 0 Å². The van der Waals surface area contributed by atoms with Gasteiger partial charge in [-0.2, -0.15) is 0 Å². The Balaban J connectivity index is 2.41. The van der Waals surface area contributed by atoms with Crippen molar-refractivity contribution >= 4 is 11.8 Å². The second-order valence-corrected chi connectivity index (χ2v) is 4.44. The molecule has 0 radical (unpaired) electrons. The maximum Gasteiger partial charge on any atom is 0.222 e. The number of amides is 2. The smallest absolute Gasteiger partial charge is 0.222 e. The fourth-order valence-electron chi connectivity index (χ4n) is 1.99. The van der Waals surface area contributed by atoms with E-state index in [1.165, 1.54) is 0 Å². The third-order valence-corrected chi connectivity index (χ3v) is 3.32. The SMILES string of the molecule is CCC(CN)CC(=O)N1CCC(C(N)=O)C1. The van der Waals surface area contributed by atoms with E-state index in [9.17, 15) is 9.59 Å². The quantitative estimate of drug-likeness (QED) is 0.675. The molecule has 1 rings (SSSR count). The Kier molecular flexibility index (Phi) is 4.73. The summed E-state index contributed by atoms with van der Waals surface area (Å²) >= 11 is 0. The largest absolute Gasteiger partial charge is 0.369 e. The topological polar surface area (TPSA) is 89.4 Å². The number of hydrogen-bond acceptors (Lipinski definition) is 3. The van der Waals surface area contributed by atoms with Crippen LogP contribution in [0.4, 0.5) is 0 Å². The molecule has 4 N–H and O–H groups in total. The number of carbonyl (C=O) groups is 2. The minimum Gasteiger partial charge on any atom is -0.369 e. The van der Waals surface area contributed by atoms with E-state index in [0.717, 1.165) is 6.42 Å². The predicted octanol–water partition coefficient (Wildman–Crippen LogP) is -0.305. The maximum atomic E-state index is 11.9. The molecular weight excluding hydrogens is 206 g/mol. The lowest BCUT2D eigenvalue weighted by Gasteiger charge is -2.19. The summed E-state index contributed by atoms with van der Waals surface area (Å²) in [5.41, 5.74) is 10.8. The minimum absolute atomic E-state index is 0.0982. The summed E-state index contributed by atoms with van der Waals surface area (Å²) in [6.45, 7) is 3.69. The molecule has 0 aromatic carbocycles. The van der Waals surface area contributed by atoms with Crippen molar-refractivity contribution in [1.82, 2.24) is 4.90 Å². The van der Waals surface area contributed by atoms with Gasteiger partial charge in [0.1, 0.15) is 0 Å². The zero-order valence-corrected chi connectivity index (χ0v) is 9.82. The van der Waals surface area contributed by atoms with Gasteiger partial charge in [0.05, 0.1) is 5.92 Å². The number of primary amides is 1. The van der Waals surface area contributed by atoms with E-state index in [0.29, 0.717) is 32.5 Å². The highest BCUT2D eigenvalue weighted by molar-refractivity contribution is 5.81. The molecule has 2 atom stereocenters. The van der Waals surface area contributed by atoms with E-state index in [-0.39, 0.29) is 23.7 Å². The van der Waals surface area contributed by atoms with Crippen molar-refractivity contribution in [3.05, 3.63) is 0 Å². The lowest BCUT2D eigenvalue weighted by atomic mass is 10.0. The van der Waals surface area contributed by atoms with Gasteiger partial charge in [0.25, 0.3) is 0 Å². The van der Waals surface area contributed by atoms with Crippen LogP contribution in [0, 0.1) is 11.8 Å². The van der Waals surface area contributed by atoms with Crippen molar-refractivity contribution in [1.29, 1.82) is 0 Å². The Morgan fingerprint density at radius 3 is 2.62 bits per heavy atom. The number of nitrogens with two attached hydrogens (primary N) is 2. The van der Waals surface area contributed by atoms with Gasteiger partial charge < -0.3 is 16.4 Å². The molecule has 1 fully saturated rings. The van der Waals surface area contributed by atoms with Crippen LogP contribution in [-0.2, 0) is 9.59 Å². The Morgan fingerprint density at radius 1 is 1.50 bits per heavy atom. The second-order valence-electron chi connectivity index (χ2n) is 4.44. The highest BCUT2D eigenvalue weighted by Crippen LogP contribution is 2.18. The third kappa shape index (κ3) is 3.20. The first-order chi connectivity index (χ1) is 7.58. The molecule has 1 heterocycles. The predicted molar refractivity (Wildman–Crippen MR) is 61.3 cm³/mol. The van der Waals surface area contributed by atoms with E-state index in [1.807, 2.05) is 6.92 Å². The molecule has 0 spiro atoms. The van der Waals surface area contributed by atoms with Crippen LogP contribution >= 0.6 is 0 Å². The average molecular weight is 227 g/mol. The molecule has 1 aliphatic rings. The van der Waals surface area contributed by atoms with Gasteiger partial charge in [0.15, 0.2) is 0 Å². The van der Waals surface area contributed by atoms with Crippen LogP contribution in [0.15, 0.2) is 0 Å². The van der Waals surface area contributed by atoms with Gasteiger partial charge in [-0.1, -0.05) is 13.3 Å². The summed E-state index contributed by atoms with van der Waals surface area (Å²) in [5.74, 6) is -0.121. The number of likely N-dealkylation sites (tertiary alicyclic amines) is 1. The summed E-state index contributed by atoms with van der Waals surface area (Å²) in [6.07, 6.45) is 2.09. The first-order valence-electron chi connectivity index (χ1n) is 5.85. The number of nitrogens with zero attached hydrogens (tertiary/aromatic N) is 1. The van der Waals surface area contributed by atoms with Crippen LogP contribution in [-0.4, -0.2) is 36.3 Å². The molecule has 0 aromatic heterocycles. The monoisotopic (exact) mass is 227 g/mol. The number of carbonyl (C=O) groups excluding carboxylic acids is 2. The molecule has 0 aromatic rings. The van der Waals surface area contributed by atoms with E-state index >= 15 is 0 Å². The minimum atomic E-state index is -0.304. The van der Waals surface area contributed by atoms with Gasteiger partial charge in [0, 0.05) is 19.5 Å². The zero-order valence-electron chi connectivity index (χ0n) is 9.82. The van der Waals surface area contributed by atoms with Crippen molar-refractivity contribution in [2.75, 3.05) is 19.6 Å². The third-order valence-electron chi connectivity index (χ3n) is 3.32. The first kappa shape index (κ1) is 13.0. The van der Waals surface area contributed by atoms with Crippen molar-refractivity contribution in [2.45, 2.75) is 26.2 Å². The second kappa shape index (κ2) is 5.84. The molecule has 16 heavy (non-hydrogen) atoms. The summed E-state index contributed by atoms with van der Waals surface area (Å²) in [5, 5.41) is 0. The number of hydrogen-bond donors (Lipinski definition) is 2. The first-order valence-corrected chi connectivity index (χ1v) is 5.85. The molecule has 1 aliphatic heterocycles. The fraction of sp³-hybridized carbons (Fsp3) is 0.818. The van der Waals surface area contributed by atoms with E-state index in [2.05, 4.69) is 0 Å². The fourth-order valence-corrected chi connectivity index (χ4v) is 1.99. The molecule has 2 unspecified atom stereocenters. The molecule has 5 heteroatoms. The van der Waals surface area contributed by atoms with E-state index in [1.54, 1.807) is 4.90 Å². The van der Waals surface area contributed by atoms with Gasteiger partial charge in [-0.15, -0.1) is 0 Å². The Hall–Kier alpha value is -1.10. The highest BCUT2D eigenvalue weighted by Gasteiger charge is 2.29. The van der Waals surface area contributed by atoms with Gasteiger partial charge in [-0.05, 0) is 18.9 Å². The van der Waals surface area contributed by atoms with Crippen molar-refractivity contribution in [3.8, 4) is 0 Å². The summed E-state index contributed by atoms with van der Waals surface area (Å²) in [7, 11) is 0. The molecule has 0 saturated carbocycles. The van der Waals surface area contributed by atoms with E-state index in [4.69, 9.17) is 11.5 Å². The Bertz CT molecular complexity index is 264. The van der Waals surface area contributed by atoms with Crippen LogP contribution in [0.5, 0.6) is 0 Å². The Morgan fingerprint density at radius 2 is 2.19 bits per heavy atom. The molecule has 0 bridgehead atoms. The highest BCUT2D eigenvalue weighted by atomic mass is 16.2. The number of rotatable bonds is 5. The molecular formula is C11H21N3O2. The van der Waals surface area contributed by atoms with Crippen LogP contribution in [0.3, 0.4) is 0 Å². The van der Waals surface area contributed by atoms with Crippen molar-refractivity contribution in [2.24, 2.45) is 23.3 Å². The van der Waals surface area contributed by atoms with Crippen LogP contribution in [0.25, 0.3) is 0 Å². The van der Waals surface area contributed by atoms with Crippen molar-refractivity contribution < 1.29 is 9.59 Å². The summed E-state index contributed by atoms with van der Waals surface area (Å²) < 4.78 is 0. The zero-order chi connectivity index (χ0) is 12.1. The summed E-state index contributed by atoms with van der Waals surface area (Å²) in [4.78, 5) is 24.6. The van der Waals surface area contributed by atoms with Crippen LogP contribution in [0.1, 0.15) is 26.2 Å². The standard InChI is InChI=1S/C11H21N3O2/c1-2-8(6-12)5-10(15)14-4-3-9(7-14)11(13)16/h8-9H,2-7,12H2,1H3,(H2,13,16). The molecule has 1 saturated heterocycles. The van der Waals surface area contributed by atoms with Gasteiger partial charge >= 0.3 is 0 Å². The molecule has 2 amide bonds. The van der Waals surface area contributed by atoms with Crippen LogP contribution in [0.2, 0.25) is 0 Å². The van der Waals surface area contributed by atoms with Gasteiger partial charge in [0.2, 0.25) is 11.8 Å². The van der Waals surface area contributed by atoms with Crippen molar-refractivity contribution in [3.63, 3.8) is 0 Å². The van der Waals surface area contributed by atoms with Gasteiger partial charge in [-0.25, -0.2) is 0 Å². The normalized spacial score (nSPS) is 22.1. The molecule has 0 aliphatic carbocycles. The van der Waals surface area contributed by atoms with Gasteiger partial charge in [-0.3, -0.25) is 9.59 Å². The summed E-state index contributed by atoms with van der Waals surface area (Å²) in [6, 6.07) is 0. The lowest BCUT2D eigenvalue weighted by Crippen LogP contribution is -2.33.